The summed E-state index contributed by atoms with van der Waals surface area (Å²) in [4.78, 5) is 11.9. The van der Waals surface area contributed by atoms with E-state index in [9.17, 15) is 9.90 Å². The highest BCUT2D eigenvalue weighted by Gasteiger charge is 2.29. The zero-order chi connectivity index (χ0) is 19.1. The second kappa shape index (κ2) is 6.45. The third kappa shape index (κ3) is 2.92. The molecular formula is C22H20N2O3. The van der Waals surface area contributed by atoms with Crippen LogP contribution in [0.25, 0.3) is 5.57 Å². The molecule has 0 spiro atoms. The number of carbonyl (C=O) groups is 1. The van der Waals surface area contributed by atoms with Crippen molar-refractivity contribution in [1.29, 1.82) is 0 Å². The van der Waals surface area contributed by atoms with Crippen LogP contribution in [0.1, 0.15) is 34.0 Å². The highest BCUT2D eigenvalue weighted by molar-refractivity contribution is 6.00. The van der Waals surface area contributed by atoms with Gasteiger partial charge in [0.05, 0.1) is 5.56 Å². The van der Waals surface area contributed by atoms with Gasteiger partial charge >= 0.3 is 5.97 Å². The molecule has 27 heavy (non-hydrogen) atoms. The van der Waals surface area contributed by atoms with Gasteiger partial charge in [0.15, 0.2) is 0 Å². The van der Waals surface area contributed by atoms with Gasteiger partial charge in [-0.2, -0.15) is 0 Å². The van der Waals surface area contributed by atoms with E-state index in [1.54, 1.807) is 18.2 Å². The van der Waals surface area contributed by atoms with Gasteiger partial charge in [-0.1, -0.05) is 31.2 Å². The van der Waals surface area contributed by atoms with Crippen LogP contribution in [0, 0.1) is 0 Å². The number of nitrogens with two attached hydrogens (primary N) is 2. The molecule has 0 saturated carbocycles. The Morgan fingerprint density at radius 2 is 2.00 bits per heavy atom. The van der Waals surface area contributed by atoms with E-state index in [1.165, 1.54) is 0 Å². The van der Waals surface area contributed by atoms with Crippen molar-refractivity contribution in [1.82, 2.24) is 0 Å². The van der Waals surface area contributed by atoms with Gasteiger partial charge in [-0.25, -0.2) is 4.79 Å². The topological polar surface area (TPSA) is 98.6 Å². The van der Waals surface area contributed by atoms with E-state index >= 15 is 0 Å². The van der Waals surface area contributed by atoms with E-state index in [0.717, 1.165) is 28.7 Å². The first kappa shape index (κ1) is 17.1. The number of carboxylic acid groups (broad SMARTS) is 1. The van der Waals surface area contributed by atoms with Crippen LogP contribution in [0.15, 0.2) is 66.0 Å². The van der Waals surface area contributed by atoms with Crippen molar-refractivity contribution in [2.24, 2.45) is 5.73 Å². The molecule has 0 amide bonds. The number of allylic oxidation sites excluding steroid dienone is 1. The Morgan fingerprint density at radius 3 is 2.74 bits per heavy atom. The van der Waals surface area contributed by atoms with Gasteiger partial charge in [0, 0.05) is 34.5 Å². The average molecular weight is 360 g/mol. The average Bonchev–Trinajstić information content (AvgIpc) is 2.65. The van der Waals surface area contributed by atoms with Crippen molar-refractivity contribution in [3.05, 3.63) is 88.2 Å². The fourth-order valence-electron chi connectivity index (χ4n) is 3.49. The lowest BCUT2D eigenvalue weighted by atomic mass is 9.84. The van der Waals surface area contributed by atoms with Crippen LogP contribution in [0.5, 0.6) is 5.75 Å². The number of ether oxygens (including phenoxy) is 1. The molecule has 4 rings (SSSR count). The number of fused-ring (bicyclic) bond motifs is 2. The number of anilines is 1. The molecule has 0 saturated heterocycles. The molecule has 0 fully saturated rings. The maximum atomic E-state index is 11.9. The lowest BCUT2D eigenvalue weighted by Crippen LogP contribution is -2.22. The van der Waals surface area contributed by atoms with Crippen LogP contribution >= 0.6 is 0 Å². The van der Waals surface area contributed by atoms with Crippen LogP contribution in [0.2, 0.25) is 0 Å². The van der Waals surface area contributed by atoms with Crippen LogP contribution in [-0.4, -0.2) is 17.1 Å². The Morgan fingerprint density at radius 1 is 1.19 bits per heavy atom. The molecule has 2 aliphatic rings. The highest BCUT2D eigenvalue weighted by atomic mass is 16.5. The van der Waals surface area contributed by atoms with E-state index in [-0.39, 0.29) is 11.6 Å². The first-order valence-corrected chi connectivity index (χ1v) is 8.82. The Bertz CT molecular complexity index is 1050. The number of nitrogen functional groups attached to an aromatic ring is 1. The second-order valence-electron chi connectivity index (χ2n) is 6.65. The molecule has 5 heteroatoms. The highest BCUT2D eigenvalue weighted by Crippen LogP contribution is 2.44. The predicted molar refractivity (Wildman–Crippen MR) is 105 cm³/mol. The molecule has 5 N–H and O–H groups in total. The summed E-state index contributed by atoms with van der Waals surface area (Å²) >= 11 is 0. The standard InChI is InChI=1S/C22H20N2O3/c1-2-12-3-6-15(22(25)26)18(9-12)21-16-7-4-13(23)10-19(16)27-20-11-14(24)5-8-17(20)21/h3-11,13H,2,23-24H2,1H3,(H,25,26). The van der Waals surface area contributed by atoms with Gasteiger partial charge in [-0.3, -0.25) is 0 Å². The summed E-state index contributed by atoms with van der Waals surface area (Å²) in [7, 11) is 0. The number of hydrogen-bond donors (Lipinski definition) is 3. The minimum Gasteiger partial charge on any atom is -0.478 e. The summed E-state index contributed by atoms with van der Waals surface area (Å²) in [6, 6.07) is 10.6. The molecule has 1 atom stereocenters. The first-order chi connectivity index (χ1) is 13.0. The van der Waals surface area contributed by atoms with Crippen molar-refractivity contribution in [3.63, 3.8) is 0 Å². The summed E-state index contributed by atoms with van der Waals surface area (Å²) in [5.41, 5.74) is 17.0. The zero-order valence-corrected chi connectivity index (χ0v) is 14.9. The zero-order valence-electron chi connectivity index (χ0n) is 14.9. The van der Waals surface area contributed by atoms with Crippen LogP contribution in [0.3, 0.4) is 0 Å². The minimum absolute atomic E-state index is 0.252. The quantitative estimate of drug-likeness (QED) is 0.728. The molecular weight excluding hydrogens is 340 g/mol. The molecule has 136 valence electrons. The molecule has 0 bridgehead atoms. The van der Waals surface area contributed by atoms with Crippen molar-refractivity contribution >= 4 is 17.2 Å². The minimum atomic E-state index is -0.966. The molecule has 2 aromatic rings. The number of hydrogen-bond acceptors (Lipinski definition) is 4. The number of rotatable bonds is 3. The smallest absolute Gasteiger partial charge is 0.336 e. The van der Waals surface area contributed by atoms with Crippen molar-refractivity contribution in [2.75, 3.05) is 5.73 Å². The third-order valence-corrected chi connectivity index (χ3v) is 4.85. The van der Waals surface area contributed by atoms with Gasteiger partial charge in [0.2, 0.25) is 0 Å². The molecule has 1 heterocycles. The monoisotopic (exact) mass is 360 g/mol. The fraction of sp³-hybridized carbons (Fsp3) is 0.136. The van der Waals surface area contributed by atoms with E-state index < -0.39 is 5.97 Å². The molecule has 5 nitrogen and oxygen atoms in total. The maximum absolute atomic E-state index is 11.9. The van der Waals surface area contributed by atoms with Crippen LogP contribution < -0.4 is 16.2 Å². The Kier molecular flexibility index (Phi) is 4.09. The largest absolute Gasteiger partial charge is 0.478 e. The summed E-state index contributed by atoms with van der Waals surface area (Å²) in [6.45, 7) is 2.04. The third-order valence-electron chi connectivity index (χ3n) is 4.85. The Hall–Kier alpha value is -3.31. The normalized spacial score (nSPS) is 17.7. The number of carboxylic acids is 1. The number of aromatic carboxylic acids is 1. The molecule has 1 aliphatic heterocycles. The van der Waals surface area contributed by atoms with Crippen molar-refractivity contribution in [2.45, 2.75) is 19.4 Å². The van der Waals surface area contributed by atoms with Gasteiger partial charge < -0.3 is 21.3 Å². The van der Waals surface area contributed by atoms with E-state index in [2.05, 4.69) is 0 Å². The Balaban J connectivity index is 2.07. The number of benzene rings is 2. The molecule has 0 aromatic heterocycles. The van der Waals surface area contributed by atoms with Crippen molar-refractivity contribution < 1.29 is 14.6 Å². The summed E-state index contributed by atoms with van der Waals surface area (Å²) in [5.74, 6) is 0.253. The molecule has 1 aliphatic carbocycles. The molecule has 2 aromatic carbocycles. The lowest BCUT2D eigenvalue weighted by molar-refractivity contribution is 0.0696. The van der Waals surface area contributed by atoms with Crippen molar-refractivity contribution in [3.8, 4) is 5.75 Å². The lowest BCUT2D eigenvalue weighted by Gasteiger charge is -2.28. The van der Waals surface area contributed by atoms with Crippen LogP contribution in [0.4, 0.5) is 5.69 Å². The number of aryl methyl sites for hydroxylation is 1. The molecule has 0 radical (unpaired) electrons. The predicted octanol–water partition coefficient (Wildman–Crippen LogP) is 3.50. The molecule has 1 unspecified atom stereocenters. The first-order valence-electron chi connectivity index (χ1n) is 8.82. The van der Waals surface area contributed by atoms with E-state index in [4.69, 9.17) is 16.2 Å². The Labute approximate surface area is 157 Å². The van der Waals surface area contributed by atoms with Gasteiger partial charge in [-0.05, 0) is 41.8 Å². The van der Waals surface area contributed by atoms with Crippen LogP contribution in [-0.2, 0) is 6.42 Å². The fourth-order valence-corrected chi connectivity index (χ4v) is 3.49. The van der Waals surface area contributed by atoms with Gasteiger partial charge in [-0.15, -0.1) is 0 Å². The van der Waals surface area contributed by atoms with E-state index in [1.807, 2.05) is 43.4 Å². The van der Waals surface area contributed by atoms with Gasteiger partial charge in [0.25, 0.3) is 0 Å². The second-order valence-corrected chi connectivity index (χ2v) is 6.65. The summed E-state index contributed by atoms with van der Waals surface area (Å²) in [6.07, 6.45) is 6.41. The summed E-state index contributed by atoms with van der Waals surface area (Å²) < 4.78 is 6.04. The van der Waals surface area contributed by atoms with Gasteiger partial charge in [0.1, 0.15) is 11.5 Å². The van der Waals surface area contributed by atoms with E-state index in [0.29, 0.717) is 22.8 Å². The summed E-state index contributed by atoms with van der Waals surface area (Å²) in [5, 5.41) is 9.76. The SMILES string of the molecule is CCc1ccc(C(=O)O)c(C2=C3C=CC(N)C=C3Oc3cc(N)ccc32)c1. The maximum Gasteiger partial charge on any atom is 0.336 e.